The fourth-order valence-electron chi connectivity index (χ4n) is 2.60. The summed E-state index contributed by atoms with van der Waals surface area (Å²) >= 11 is 13.3. The first kappa shape index (κ1) is 15.3. The molecule has 1 aromatic carbocycles. The molecule has 1 aliphatic rings. The third kappa shape index (κ3) is 2.72. The van der Waals surface area contributed by atoms with Crippen molar-refractivity contribution in [3.8, 4) is 0 Å². The molecule has 1 heterocycles. The van der Waals surface area contributed by atoms with Gasteiger partial charge in [-0.25, -0.2) is 0 Å². The van der Waals surface area contributed by atoms with E-state index in [0.29, 0.717) is 21.2 Å². The van der Waals surface area contributed by atoms with E-state index in [-0.39, 0.29) is 10.9 Å². The van der Waals surface area contributed by atoms with E-state index >= 15 is 0 Å². The summed E-state index contributed by atoms with van der Waals surface area (Å²) in [6, 6.07) is 4.64. The Morgan fingerprint density at radius 2 is 2.00 bits per heavy atom. The third-order valence-electron chi connectivity index (χ3n) is 3.57. The second-order valence-corrected chi connectivity index (χ2v) is 6.95. The van der Waals surface area contributed by atoms with Crippen LogP contribution in [0.3, 0.4) is 0 Å². The molecule has 0 aliphatic heterocycles. The Hall–Kier alpha value is -1.56. The van der Waals surface area contributed by atoms with E-state index < -0.39 is 5.91 Å². The average molecular weight is 355 g/mol. The predicted octanol–water partition coefficient (Wildman–Crippen LogP) is 3.89. The normalized spacial score (nSPS) is 13.0. The zero-order valence-corrected chi connectivity index (χ0v) is 13.7. The fourth-order valence-corrected chi connectivity index (χ4v) is 4.38. The number of nitrogens with one attached hydrogen (secondary N) is 1. The van der Waals surface area contributed by atoms with Crippen molar-refractivity contribution in [1.29, 1.82) is 0 Å². The standard InChI is InChI=1S/C15H12Cl2N2O2S/c16-7-4-5-8(10(17)6-7)14(21)19-15-12(13(18)20)9-2-1-3-11(9)22-15/h4-6H,1-3H2,(H2,18,20)(H,19,21). The molecular weight excluding hydrogens is 343 g/mol. The number of amides is 2. The molecule has 4 nitrogen and oxygen atoms in total. The second kappa shape index (κ2) is 5.91. The highest BCUT2D eigenvalue weighted by atomic mass is 35.5. The second-order valence-electron chi connectivity index (χ2n) is 5.00. The van der Waals surface area contributed by atoms with Gasteiger partial charge in [0.1, 0.15) is 5.00 Å². The van der Waals surface area contributed by atoms with Crippen LogP contribution in [0, 0.1) is 0 Å². The van der Waals surface area contributed by atoms with Crippen LogP contribution in [-0.4, -0.2) is 11.8 Å². The fraction of sp³-hybridized carbons (Fsp3) is 0.200. The molecule has 0 unspecified atom stereocenters. The summed E-state index contributed by atoms with van der Waals surface area (Å²) in [5.74, 6) is -0.902. The number of halogens is 2. The molecule has 0 radical (unpaired) electrons. The lowest BCUT2D eigenvalue weighted by Gasteiger charge is -2.07. The molecule has 0 saturated heterocycles. The number of aryl methyl sites for hydroxylation is 1. The van der Waals surface area contributed by atoms with Crippen LogP contribution < -0.4 is 11.1 Å². The summed E-state index contributed by atoms with van der Waals surface area (Å²) in [6.07, 6.45) is 2.75. The molecule has 3 rings (SSSR count). The maximum Gasteiger partial charge on any atom is 0.257 e. The SMILES string of the molecule is NC(=O)c1c(NC(=O)c2ccc(Cl)cc2Cl)sc2c1CCC2. The van der Waals surface area contributed by atoms with Crippen molar-refractivity contribution in [2.75, 3.05) is 5.32 Å². The number of thiophene rings is 1. The zero-order chi connectivity index (χ0) is 15.9. The number of anilines is 1. The topological polar surface area (TPSA) is 72.2 Å². The van der Waals surface area contributed by atoms with Gasteiger partial charge in [-0.1, -0.05) is 23.2 Å². The number of benzene rings is 1. The van der Waals surface area contributed by atoms with Gasteiger partial charge in [-0.3, -0.25) is 9.59 Å². The Morgan fingerprint density at radius 1 is 1.23 bits per heavy atom. The van der Waals surface area contributed by atoms with Crippen molar-refractivity contribution >= 4 is 51.4 Å². The Morgan fingerprint density at radius 3 is 2.68 bits per heavy atom. The minimum absolute atomic E-state index is 0.259. The number of rotatable bonds is 3. The summed E-state index contributed by atoms with van der Waals surface area (Å²) in [5.41, 5.74) is 7.16. The number of hydrogen-bond donors (Lipinski definition) is 2. The summed E-state index contributed by atoms with van der Waals surface area (Å²) in [5, 5.41) is 3.96. The van der Waals surface area contributed by atoms with E-state index in [9.17, 15) is 9.59 Å². The minimum Gasteiger partial charge on any atom is -0.365 e. The van der Waals surface area contributed by atoms with Gasteiger partial charge in [-0.15, -0.1) is 11.3 Å². The summed E-state index contributed by atoms with van der Waals surface area (Å²) < 4.78 is 0. The largest absolute Gasteiger partial charge is 0.365 e. The van der Waals surface area contributed by atoms with Gasteiger partial charge in [0.15, 0.2) is 0 Å². The predicted molar refractivity (Wildman–Crippen MR) is 89.3 cm³/mol. The summed E-state index contributed by atoms with van der Waals surface area (Å²) in [7, 11) is 0. The highest BCUT2D eigenvalue weighted by Gasteiger charge is 2.26. The van der Waals surface area contributed by atoms with Crippen molar-refractivity contribution in [2.45, 2.75) is 19.3 Å². The Balaban J connectivity index is 1.93. The number of carbonyl (C=O) groups excluding carboxylic acids is 2. The molecule has 0 saturated carbocycles. The van der Waals surface area contributed by atoms with Crippen LogP contribution >= 0.6 is 34.5 Å². The number of nitrogens with two attached hydrogens (primary N) is 1. The third-order valence-corrected chi connectivity index (χ3v) is 5.33. The highest BCUT2D eigenvalue weighted by molar-refractivity contribution is 7.17. The first-order chi connectivity index (χ1) is 10.5. The van der Waals surface area contributed by atoms with Crippen LogP contribution in [0.15, 0.2) is 18.2 Å². The Kier molecular flexibility index (Phi) is 4.12. The van der Waals surface area contributed by atoms with Crippen molar-refractivity contribution in [2.24, 2.45) is 5.73 Å². The van der Waals surface area contributed by atoms with E-state index in [1.54, 1.807) is 12.1 Å². The molecule has 0 fully saturated rings. The first-order valence-corrected chi connectivity index (χ1v) is 8.25. The van der Waals surface area contributed by atoms with Crippen molar-refractivity contribution in [3.63, 3.8) is 0 Å². The van der Waals surface area contributed by atoms with Gasteiger partial charge < -0.3 is 11.1 Å². The summed E-state index contributed by atoms with van der Waals surface area (Å²) in [4.78, 5) is 25.2. The molecule has 2 amide bonds. The lowest BCUT2D eigenvalue weighted by Crippen LogP contribution is -2.18. The Labute approximate surface area is 141 Å². The van der Waals surface area contributed by atoms with Gasteiger partial charge >= 0.3 is 0 Å². The maximum absolute atomic E-state index is 12.4. The minimum atomic E-state index is -0.517. The van der Waals surface area contributed by atoms with Crippen molar-refractivity contribution in [1.82, 2.24) is 0 Å². The van der Waals surface area contributed by atoms with E-state index in [1.807, 2.05) is 0 Å². The van der Waals surface area contributed by atoms with Gasteiger partial charge in [0, 0.05) is 9.90 Å². The highest BCUT2D eigenvalue weighted by Crippen LogP contribution is 2.39. The number of hydrogen-bond acceptors (Lipinski definition) is 3. The molecular formula is C15H12Cl2N2O2S. The van der Waals surface area contributed by atoms with Gasteiger partial charge in [0.25, 0.3) is 11.8 Å². The van der Waals surface area contributed by atoms with Gasteiger partial charge in [-0.05, 0) is 43.0 Å². The lowest BCUT2D eigenvalue weighted by atomic mass is 10.1. The molecule has 7 heteroatoms. The average Bonchev–Trinajstić information content (AvgIpc) is 2.97. The van der Waals surface area contributed by atoms with Crippen LogP contribution in [0.5, 0.6) is 0 Å². The number of primary amides is 1. The van der Waals surface area contributed by atoms with Crippen LogP contribution in [0.2, 0.25) is 10.0 Å². The Bertz CT molecular complexity index is 786. The van der Waals surface area contributed by atoms with Crippen LogP contribution in [0.25, 0.3) is 0 Å². The molecule has 0 atom stereocenters. The van der Waals surface area contributed by atoms with Crippen LogP contribution in [0.4, 0.5) is 5.00 Å². The van der Waals surface area contributed by atoms with E-state index in [0.717, 1.165) is 29.7 Å². The number of fused-ring (bicyclic) bond motifs is 1. The van der Waals surface area contributed by atoms with Crippen molar-refractivity contribution < 1.29 is 9.59 Å². The quantitative estimate of drug-likeness (QED) is 0.877. The van der Waals surface area contributed by atoms with Crippen LogP contribution in [-0.2, 0) is 12.8 Å². The summed E-state index contributed by atoms with van der Waals surface area (Å²) in [6.45, 7) is 0. The molecule has 0 bridgehead atoms. The molecule has 0 spiro atoms. The lowest BCUT2D eigenvalue weighted by molar-refractivity contribution is 0.100. The molecule has 1 aromatic heterocycles. The van der Waals surface area contributed by atoms with Gasteiger partial charge in [-0.2, -0.15) is 0 Å². The first-order valence-electron chi connectivity index (χ1n) is 6.68. The zero-order valence-electron chi connectivity index (χ0n) is 11.4. The maximum atomic E-state index is 12.4. The molecule has 2 aromatic rings. The molecule has 1 aliphatic carbocycles. The molecule has 3 N–H and O–H groups in total. The van der Waals surface area contributed by atoms with E-state index in [1.165, 1.54) is 17.4 Å². The molecule has 22 heavy (non-hydrogen) atoms. The van der Waals surface area contributed by atoms with Gasteiger partial charge in [0.05, 0.1) is 16.1 Å². The number of carbonyl (C=O) groups is 2. The van der Waals surface area contributed by atoms with E-state index in [2.05, 4.69) is 5.32 Å². The van der Waals surface area contributed by atoms with E-state index in [4.69, 9.17) is 28.9 Å². The van der Waals surface area contributed by atoms with Crippen LogP contribution in [0.1, 0.15) is 37.6 Å². The van der Waals surface area contributed by atoms with Crippen molar-refractivity contribution in [3.05, 3.63) is 49.8 Å². The smallest absolute Gasteiger partial charge is 0.257 e. The molecule has 114 valence electrons. The monoisotopic (exact) mass is 354 g/mol. The van der Waals surface area contributed by atoms with Gasteiger partial charge in [0.2, 0.25) is 0 Å².